The standard InChI is InChI=1S/C5H5N3.ClH/c1-3-8-4-2-7-5(8)6-1;/h1-4H,(H,6,7);1H. The van der Waals surface area contributed by atoms with Crippen molar-refractivity contribution in [1.82, 2.24) is 14.4 Å². The molecule has 0 saturated heterocycles. The summed E-state index contributed by atoms with van der Waals surface area (Å²) >= 11 is 0. The van der Waals surface area contributed by atoms with Crippen LogP contribution in [0.4, 0.5) is 0 Å². The Morgan fingerprint density at radius 1 is 1.44 bits per heavy atom. The van der Waals surface area contributed by atoms with Crippen molar-refractivity contribution in [3.63, 3.8) is 0 Å². The lowest BCUT2D eigenvalue weighted by Gasteiger charge is -1.72. The second-order valence-corrected chi connectivity index (χ2v) is 1.62. The summed E-state index contributed by atoms with van der Waals surface area (Å²) in [6.45, 7) is 0. The number of halogens is 1. The number of rotatable bonds is 0. The smallest absolute Gasteiger partial charge is 0.211 e. The van der Waals surface area contributed by atoms with Crippen molar-refractivity contribution in [2.75, 3.05) is 0 Å². The van der Waals surface area contributed by atoms with E-state index in [1.54, 1.807) is 6.20 Å². The molecule has 0 aliphatic carbocycles. The molecule has 48 valence electrons. The van der Waals surface area contributed by atoms with Crippen LogP contribution in [0.3, 0.4) is 0 Å². The van der Waals surface area contributed by atoms with Crippen LogP contribution >= 0.6 is 12.4 Å². The Labute approximate surface area is 58.1 Å². The van der Waals surface area contributed by atoms with Crippen LogP contribution in [-0.2, 0) is 0 Å². The lowest BCUT2D eigenvalue weighted by molar-refractivity contribution is 1.21. The van der Waals surface area contributed by atoms with Gasteiger partial charge in [0.1, 0.15) is 0 Å². The van der Waals surface area contributed by atoms with Crippen LogP contribution in [0.2, 0.25) is 0 Å². The predicted octanol–water partition coefficient (Wildman–Crippen LogP) is 1.08. The van der Waals surface area contributed by atoms with Crippen molar-refractivity contribution in [2.24, 2.45) is 0 Å². The second kappa shape index (κ2) is 2.11. The Bertz CT molecular complexity index is 234. The minimum absolute atomic E-state index is 0. The third-order valence-corrected chi connectivity index (χ3v) is 1.12. The first-order valence-corrected chi connectivity index (χ1v) is 2.43. The van der Waals surface area contributed by atoms with Crippen LogP contribution in [-0.4, -0.2) is 14.4 Å². The number of nitrogens with one attached hydrogen (secondary N) is 1. The van der Waals surface area contributed by atoms with Crippen LogP contribution < -0.4 is 0 Å². The van der Waals surface area contributed by atoms with E-state index in [9.17, 15) is 0 Å². The van der Waals surface area contributed by atoms with Gasteiger partial charge in [-0.1, -0.05) is 0 Å². The summed E-state index contributed by atoms with van der Waals surface area (Å²) in [5.41, 5.74) is 0. The van der Waals surface area contributed by atoms with E-state index in [0.717, 1.165) is 5.78 Å². The molecule has 0 atom stereocenters. The fraction of sp³-hybridized carbons (Fsp3) is 0. The number of hydrogen-bond acceptors (Lipinski definition) is 1. The average Bonchev–Trinajstić information content (AvgIpc) is 2.15. The van der Waals surface area contributed by atoms with Crippen LogP contribution in [0, 0.1) is 0 Å². The van der Waals surface area contributed by atoms with E-state index in [1.807, 2.05) is 23.0 Å². The van der Waals surface area contributed by atoms with Crippen molar-refractivity contribution in [2.45, 2.75) is 0 Å². The molecule has 2 rings (SSSR count). The highest BCUT2D eigenvalue weighted by atomic mass is 35.5. The Morgan fingerprint density at radius 3 is 3.11 bits per heavy atom. The zero-order valence-electron chi connectivity index (χ0n) is 4.61. The zero-order chi connectivity index (χ0) is 5.40. The fourth-order valence-corrected chi connectivity index (χ4v) is 0.737. The van der Waals surface area contributed by atoms with Crippen LogP contribution in [0.25, 0.3) is 5.78 Å². The van der Waals surface area contributed by atoms with Crippen LogP contribution in [0.5, 0.6) is 0 Å². The van der Waals surface area contributed by atoms with Gasteiger partial charge >= 0.3 is 0 Å². The molecular weight excluding hydrogens is 138 g/mol. The van der Waals surface area contributed by atoms with Crippen molar-refractivity contribution < 1.29 is 0 Å². The highest BCUT2D eigenvalue weighted by Gasteiger charge is 1.87. The molecule has 2 aromatic rings. The zero-order valence-corrected chi connectivity index (χ0v) is 5.43. The highest BCUT2D eigenvalue weighted by molar-refractivity contribution is 5.85. The molecule has 0 saturated carbocycles. The van der Waals surface area contributed by atoms with Gasteiger partial charge in [0.05, 0.1) is 0 Å². The largest absolute Gasteiger partial charge is 0.330 e. The van der Waals surface area contributed by atoms with E-state index < -0.39 is 0 Å². The quantitative estimate of drug-likeness (QED) is 0.588. The minimum Gasteiger partial charge on any atom is -0.330 e. The van der Waals surface area contributed by atoms with Gasteiger partial charge < -0.3 is 4.98 Å². The molecule has 0 spiro atoms. The molecule has 9 heavy (non-hydrogen) atoms. The summed E-state index contributed by atoms with van der Waals surface area (Å²) in [6.07, 6.45) is 7.42. The molecule has 3 nitrogen and oxygen atoms in total. The molecule has 2 aromatic heterocycles. The van der Waals surface area contributed by atoms with Crippen molar-refractivity contribution in [3.8, 4) is 0 Å². The first kappa shape index (κ1) is 6.16. The molecular formula is C5H6ClN3. The van der Waals surface area contributed by atoms with E-state index in [1.165, 1.54) is 0 Å². The van der Waals surface area contributed by atoms with Gasteiger partial charge in [0.15, 0.2) is 0 Å². The monoisotopic (exact) mass is 143 g/mol. The normalized spacial score (nSPS) is 9.33. The Kier molecular flexibility index (Phi) is 1.44. The molecule has 0 bridgehead atoms. The summed E-state index contributed by atoms with van der Waals surface area (Å²) in [5, 5.41) is 0. The lowest BCUT2D eigenvalue weighted by Crippen LogP contribution is -1.70. The van der Waals surface area contributed by atoms with E-state index in [0.29, 0.717) is 0 Å². The summed E-state index contributed by atoms with van der Waals surface area (Å²) in [7, 11) is 0. The van der Waals surface area contributed by atoms with Crippen molar-refractivity contribution >= 4 is 18.2 Å². The molecule has 0 aliphatic heterocycles. The maximum Gasteiger partial charge on any atom is 0.211 e. The third-order valence-electron chi connectivity index (χ3n) is 1.12. The van der Waals surface area contributed by atoms with Gasteiger partial charge in [-0.3, -0.25) is 4.40 Å². The topological polar surface area (TPSA) is 33.1 Å². The van der Waals surface area contributed by atoms with E-state index in [2.05, 4.69) is 9.97 Å². The first-order valence-electron chi connectivity index (χ1n) is 2.43. The molecule has 0 aromatic carbocycles. The predicted molar refractivity (Wildman–Crippen MR) is 36.8 cm³/mol. The first-order chi connectivity index (χ1) is 3.97. The van der Waals surface area contributed by atoms with Crippen LogP contribution in [0.15, 0.2) is 24.8 Å². The summed E-state index contributed by atoms with van der Waals surface area (Å²) in [5.74, 6) is 0.894. The maximum absolute atomic E-state index is 3.99. The van der Waals surface area contributed by atoms with Gasteiger partial charge in [-0.2, -0.15) is 0 Å². The molecule has 0 fully saturated rings. The Balaban J connectivity index is 0.000000405. The number of fused-ring (bicyclic) bond motifs is 1. The van der Waals surface area contributed by atoms with Crippen molar-refractivity contribution in [1.29, 1.82) is 0 Å². The molecule has 0 unspecified atom stereocenters. The Hall–Kier alpha value is -0.960. The summed E-state index contributed by atoms with van der Waals surface area (Å²) < 4.78 is 1.92. The van der Waals surface area contributed by atoms with E-state index in [4.69, 9.17) is 0 Å². The minimum atomic E-state index is 0. The van der Waals surface area contributed by atoms with Crippen LogP contribution in [0.1, 0.15) is 0 Å². The number of hydrogen-bond donors (Lipinski definition) is 1. The third kappa shape index (κ3) is 0.791. The number of aromatic amines is 1. The summed E-state index contributed by atoms with van der Waals surface area (Å²) in [4.78, 5) is 6.94. The molecule has 2 heterocycles. The maximum atomic E-state index is 3.99. The van der Waals surface area contributed by atoms with Gasteiger partial charge in [0.2, 0.25) is 5.78 Å². The van der Waals surface area contributed by atoms with Gasteiger partial charge in [0, 0.05) is 24.8 Å². The number of H-pyrrole nitrogens is 1. The second-order valence-electron chi connectivity index (χ2n) is 1.62. The molecule has 1 N–H and O–H groups in total. The highest BCUT2D eigenvalue weighted by Crippen LogP contribution is 1.92. The Morgan fingerprint density at radius 2 is 2.33 bits per heavy atom. The van der Waals surface area contributed by atoms with Gasteiger partial charge in [-0.25, -0.2) is 4.98 Å². The molecule has 0 aliphatic rings. The van der Waals surface area contributed by atoms with Gasteiger partial charge in [0.25, 0.3) is 0 Å². The number of aromatic nitrogens is 3. The molecule has 0 radical (unpaired) electrons. The van der Waals surface area contributed by atoms with E-state index in [-0.39, 0.29) is 12.4 Å². The van der Waals surface area contributed by atoms with Gasteiger partial charge in [-0.05, 0) is 0 Å². The average molecular weight is 144 g/mol. The van der Waals surface area contributed by atoms with Crippen molar-refractivity contribution in [3.05, 3.63) is 24.8 Å². The molecule has 4 heteroatoms. The SMILES string of the molecule is Cl.c1cn2cc[nH]c2n1. The lowest BCUT2D eigenvalue weighted by atomic mass is 10.9. The number of nitrogens with zero attached hydrogens (tertiary/aromatic N) is 2. The fourth-order valence-electron chi connectivity index (χ4n) is 0.737. The number of imidazole rings is 2. The summed E-state index contributed by atoms with van der Waals surface area (Å²) in [6, 6.07) is 0. The van der Waals surface area contributed by atoms with Gasteiger partial charge in [-0.15, -0.1) is 12.4 Å². The molecule has 0 amide bonds. The van der Waals surface area contributed by atoms with E-state index >= 15 is 0 Å².